The number of unbranched alkanes of at least 4 members (excludes halogenated alkanes) is 2. The van der Waals surface area contributed by atoms with Gasteiger partial charge >= 0.3 is 0 Å². The molecule has 2 aromatic carbocycles. The van der Waals surface area contributed by atoms with Gasteiger partial charge in [0.1, 0.15) is 11.6 Å². The van der Waals surface area contributed by atoms with E-state index in [0.717, 1.165) is 53.9 Å². The SMILES string of the molecule is CCCCCn1nc(C)c(-c2ccc3c(c2)NC(=O)CO3)c1-c1ccc(F)cc1. The van der Waals surface area contributed by atoms with Crippen LogP contribution in [-0.2, 0) is 11.3 Å². The standard InChI is InChI=1S/C23H24FN3O2/c1-3-4-5-12-27-23(16-6-9-18(24)10-7-16)22(15(2)26-27)17-8-11-20-19(13-17)25-21(28)14-29-20/h6-11,13H,3-5,12,14H2,1-2H3,(H,25,28). The van der Waals surface area contributed by atoms with Crippen molar-refractivity contribution >= 4 is 11.6 Å². The highest BCUT2D eigenvalue weighted by Crippen LogP contribution is 2.39. The number of rotatable bonds is 6. The molecular formula is C23H24FN3O2. The third-order valence-corrected chi connectivity index (χ3v) is 5.12. The van der Waals surface area contributed by atoms with Crippen molar-refractivity contribution in [2.45, 2.75) is 39.7 Å². The Hall–Kier alpha value is -3.15. The Bertz CT molecular complexity index is 1040. The molecule has 1 aliphatic rings. The number of aromatic nitrogens is 2. The smallest absolute Gasteiger partial charge is 0.262 e. The Morgan fingerprint density at radius 2 is 1.90 bits per heavy atom. The number of carbonyl (C=O) groups is 1. The van der Waals surface area contributed by atoms with Crippen LogP contribution in [0.2, 0.25) is 0 Å². The van der Waals surface area contributed by atoms with E-state index in [2.05, 4.69) is 12.2 Å². The normalized spacial score (nSPS) is 13.0. The van der Waals surface area contributed by atoms with Crippen LogP contribution in [0.5, 0.6) is 5.75 Å². The molecule has 6 heteroatoms. The number of benzene rings is 2. The topological polar surface area (TPSA) is 56.2 Å². The van der Waals surface area contributed by atoms with E-state index in [1.54, 1.807) is 12.1 Å². The molecule has 0 fully saturated rings. The molecule has 0 aliphatic carbocycles. The Kier molecular flexibility index (Phi) is 5.34. The molecule has 1 N–H and O–H groups in total. The molecule has 0 spiro atoms. The number of nitrogens with zero attached hydrogens (tertiary/aromatic N) is 2. The summed E-state index contributed by atoms with van der Waals surface area (Å²) in [4.78, 5) is 11.7. The Morgan fingerprint density at radius 3 is 2.66 bits per heavy atom. The highest BCUT2D eigenvalue weighted by Gasteiger charge is 2.22. The molecule has 4 rings (SSSR count). The van der Waals surface area contributed by atoms with E-state index in [0.29, 0.717) is 11.4 Å². The average Bonchev–Trinajstić information content (AvgIpc) is 3.04. The van der Waals surface area contributed by atoms with Crippen molar-refractivity contribution in [3.05, 3.63) is 54.0 Å². The van der Waals surface area contributed by atoms with Crippen LogP contribution in [0.4, 0.5) is 10.1 Å². The predicted molar refractivity (Wildman–Crippen MR) is 111 cm³/mol. The van der Waals surface area contributed by atoms with Crippen molar-refractivity contribution in [1.29, 1.82) is 0 Å². The van der Waals surface area contributed by atoms with Crippen molar-refractivity contribution < 1.29 is 13.9 Å². The third-order valence-electron chi connectivity index (χ3n) is 5.12. The van der Waals surface area contributed by atoms with Gasteiger partial charge in [0.15, 0.2) is 6.61 Å². The summed E-state index contributed by atoms with van der Waals surface area (Å²) in [6.45, 7) is 4.98. The molecular weight excluding hydrogens is 369 g/mol. The number of hydrogen-bond donors (Lipinski definition) is 1. The number of carbonyl (C=O) groups excluding carboxylic acids is 1. The molecule has 0 saturated carbocycles. The maximum atomic E-state index is 13.5. The van der Waals surface area contributed by atoms with Crippen LogP contribution in [0.15, 0.2) is 42.5 Å². The Balaban J connectivity index is 1.83. The highest BCUT2D eigenvalue weighted by atomic mass is 19.1. The second kappa shape index (κ2) is 8.07. The van der Waals surface area contributed by atoms with E-state index in [-0.39, 0.29) is 18.3 Å². The maximum Gasteiger partial charge on any atom is 0.262 e. The van der Waals surface area contributed by atoms with Crippen LogP contribution < -0.4 is 10.1 Å². The van der Waals surface area contributed by atoms with Crippen LogP contribution in [-0.4, -0.2) is 22.3 Å². The Labute approximate surface area is 169 Å². The second-order valence-corrected chi connectivity index (χ2v) is 7.29. The van der Waals surface area contributed by atoms with Crippen LogP contribution in [0.3, 0.4) is 0 Å². The molecule has 1 aliphatic heterocycles. The Morgan fingerprint density at radius 1 is 1.14 bits per heavy atom. The third kappa shape index (κ3) is 3.88. The molecule has 150 valence electrons. The maximum absolute atomic E-state index is 13.5. The molecule has 1 aromatic heterocycles. The number of anilines is 1. The van der Waals surface area contributed by atoms with E-state index in [4.69, 9.17) is 9.84 Å². The second-order valence-electron chi connectivity index (χ2n) is 7.29. The fraction of sp³-hybridized carbons (Fsp3) is 0.304. The summed E-state index contributed by atoms with van der Waals surface area (Å²) in [5, 5.41) is 7.65. The first-order valence-electron chi connectivity index (χ1n) is 9.97. The summed E-state index contributed by atoms with van der Waals surface area (Å²) in [7, 11) is 0. The zero-order valence-corrected chi connectivity index (χ0v) is 16.7. The molecule has 0 atom stereocenters. The van der Waals surface area contributed by atoms with Crippen molar-refractivity contribution in [2.75, 3.05) is 11.9 Å². The van der Waals surface area contributed by atoms with Gasteiger partial charge in [-0.15, -0.1) is 0 Å². The lowest BCUT2D eigenvalue weighted by Crippen LogP contribution is -2.25. The van der Waals surface area contributed by atoms with Gasteiger partial charge in [-0.1, -0.05) is 25.8 Å². The molecule has 29 heavy (non-hydrogen) atoms. The zero-order chi connectivity index (χ0) is 20.4. The van der Waals surface area contributed by atoms with Crippen molar-refractivity contribution in [2.24, 2.45) is 0 Å². The van der Waals surface area contributed by atoms with Gasteiger partial charge in [-0.3, -0.25) is 9.48 Å². The number of amides is 1. The number of fused-ring (bicyclic) bond motifs is 1. The van der Waals surface area contributed by atoms with Gasteiger partial charge in [0.2, 0.25) is 0 Å². The molecule has 0 unspecified atom stereocenters. The van der Waals surface area contributed by atoms with Crippen molar-refractivity contribution in [1.82, 2.24) is 9.78 Å². The summed E-state index contributed by atoms with van der Waals surface area (Å²) < 4.78 is 21.0. The van der Waals surface area contributed by atoms with E-state index in [9.17, 15) is 9.18 Å². The molecule has 0 radical (unpaired) electrons. The lowest BCUT2D eigenvalue weighted by molar-refractivity contribution is -0.118. The first-order valence-corrected chi connectivity index (χ1v) is 9.97. The van der Waals surface area contributed by atoms with Crippen molar-refractivity contribution in [3.8, 4) is 28.1 Å². The van der Waals surface area contributed by atoms with Gasteiger partial charge in [-0.25, -0.2) is 4.39 Å². The number of halogens is 1. The quantitative estimate of drug-likeness (QED) is 0.587. The lowest BCUT2D eigenvalue weighted by Gasteiger charge is -2.19. The summed E-state index contributed by atoms with van der Waals surface area (Å²) in [6.07, 6.45) is 3.28. The molecule has 0 bridgehead atoms. The minimum atomic E-state index is -0.266. The predicted octanol–water partition coefficient (Wildman–Crippen LogP) is 5.19. The van der Waals surface area contributed by atoms with Gasteiger partial charge in [0.05, 0.1) is 17.1 Å². The summed E-state index contributed by atoms with van der Waals surface area (Å²) in [6, 6.07) is 12.3. The van der Waals surface area contributed by atoms with Gasteiger partial charge in [-0.2, -0.15) is 5.10 Å². The van der Waals surface area contributed by atoms with E-state index in [1.165, 1.54) is 12.1 Å². The molecule has 5 nitrogen and oxygen atoms in total. The number of nitrogens with one attached hydrogen (secondary N) is 1. The van der Waals surface area contributed by atoms with Gasteiger partial charge in [0, 0.05) is 17.7 Å². The summed E-state index contributed by atoms with van der Waals surface area (Å²) >= 11 is 0. The zero-order valence-electron chi connectivity index (χ0n) is 16.7. The minimum absolute atomic E-state index is 0.0293. The van der Waals surface area contributed by atoms with E-state index < -0.39 is 0 Å². The number of aryl methyl sites for hydroxylation is 2. The van der Waals surface area contributed by atoms with Crippen LogP contribution >= 0.6 is 0 Å². The molecule has 1 amide bonds. The number of hydrogen-bond acceptors (Lipinski definition) is 3. The summed E-state index contributed by atoms with van der Waals surface area (Å²) in [5.74, 6) is 0.225. The summed E-state index contributed by atoms with van der Waals surface area (Å²) in [5.41, 5.74) is 5.34. The first kappa shape index (κ1) is 19.2. The van der Waals surface area contributed by atoms with E-state index >= 15 is 0 Å². The van der Waals surface area contributed by atoms with Crippen molar-refractivity contribution in [3.63, 3.8) is 0 Å². The van der Waals surface area contributed by atoms with Gasteiger partial charge in [0.25, 0.3) is 5.91 Å². The monoisotopic (exact) mass is 393 g/mol. The fourth-order valence-corrected chi connectivity index (χ4v) is 3.74. The van der Waals surface area contributed by atoms with Crippen LogP contribution in [0, 0.1) is 12.7 Å². The van der Waals surface area contributed by atoms with Gasteiger partial charge in [-0.05, 0) is 55.3 Å². The highest BCUT2D eigenvalue weighted by molar-refractivity contribution is 5.97. The van der Waals surface area contributed by atoms with E-state index in [1.807, 2.05) is 29.8 Å². The molecule has 3 aromatic rings. The minimum Gasteiger partial charge on any atom is -0.482 e. The van der Waals surface area contributed by atoms with Crippen LogP contribution in [0.25, 0.3) is 22.4 Å². The van der Waals surface area contributed by atoms with Gasteiger partial charge < -0.3 is 10.1 Å². The first-order chi connectivity index (χ1) is 14.1. The molecule has 0 saturated heterocycles. The van der Waals surface area contributed by atoms with Crippen LogP contribution in [0.1, 0.15) is 31.9 Å². The fourth-order valence-electron chi connectivity index (χ4n) is 3.74. The molecule has 2 heterocycles. The average molecular weight is 393 g/mol. The largest absolute Gasteiger partial charge is 0.482 e. The number of ether oxygens (including phenoxy) is 1. The lowest BCUT2D eigenvalue weighted by atomic mass is 9.98.